The van der Waals surface area contributed by atoms with E-state index in [-0.39, 0.29) is 13.4 Å². The fourth-order valence-corrected chi connectivity index (χ4v) is 12.1. The summed E-state index contributed by atoms with van der Waals surface area (Å²) in [4.78, 5) is 10.1. The monoisotopic (exact) mass is 793 g/mol. The van der Waals surface area contributed by atoms with E-state index in [1.165, 1.54) is 82.4 Å². The average molecular weight is 794 g/mol. The van der Waals surface area contributed by atoms with Crippen LogP contribution in [-0.4, -0.2) is 13.4 Å². The maximum Gasteiger partial charge on any atom is 0.252 e. The largest absolute Gasteiger partial charge is 0.456 e. The van der Waals surface area contributed by atoms with Crippen LogP contribution in [0.4, 0.5) is 51.2 Å². The maximum atomic E-state index is 6.63. The van der Waals surface area contributed by atoms with Gasteiger partial charge in [0.1, 0.15) is 11.2 Å². The van der Waals surface area contributed by atoms with Crippen molar-refractivity contribution >= 4 is 131 Å². The van der Waals surface area contributed by atoms with Crippen molar-refractivity contribution < 1.29 is 4.42 Å². The Kier molecular flexibility index (Phi) is 6.91. The zero-order valence-corrected chi connectivity index (χ0v) is 33.7. The molecule has 0 spiro atoms. The second-order valence-corrected chi connectivity index (χ2v) is 17.4. The zero-order chi connectivity index (χ0) is 39.8. The summed E-state index contributed by atoms with van der Waals surface area (Å²) in [5, 5.41) is 2.28. The van der Waals surface area contributed by atoms with Crippen molar-refractivity contribution in [2.24, 2.45) is 0 Å². The highest BCUT2D eigenvalue weighted by Crippen LogP contribution is 2.49. The van der Waals surface area contributed by atoms with Crippen LogP contribution < -0.4 is 47.5 Å². The average Bonchev–Trinajstić information content (AvgIpc) is 3.71. The first-order valence-electron chi connectivity index (χ1n) is 21.0. The smallest absolute Gasteiger partial charge is 0.252 e. The Morgan fingerprint density at radius 3 is 1.69 bits per heavy atom. The van der Waals surface area contributed by atoms with Gasteiger partial charge in [-0.05, 0) is 112 Å². The molecule has 282 valence electrons. The number of nitrogens with zero attached hydrogens (tertiary/aromatic N) is 3. The minimum absolute atomic E-state index is 0.0409. The molecule has 9 aromatic carbocycles. The summed E-state index contributed by atoms with van der Waals surface area (Å²) in [6.07, 6.45) is 0. The molecule has 0 atom stereocenters. The van der Waals surface area contributed by atoms with Crippen molar-refractivity contribution in [1.29, 1.82) is 0 Å². The second-order valence-electron chi connectivity index (χ2n) is 16.4. The molecule has 0 saturated heterocycles. The van der Waals surface area contributed by atoms with Gasteiger partial charge < -0.3 is 19.1 Å². The van der Waals surface area contributed by atoms with Crippen molar-refractivity contribution in [2.45, 2.75) is 9.79 Å². The van der Waals surface area contributed by atoms with Crippen molar-refractivity contribution in [3.63, 3.8) is 0 Å². The predicted molar refractivity (Wildman–Crippen MR) is 258 cm³/mol. The van der Waals surface area contributed by atoms with E-state index in [1.807, 2.05) is 11.8 Å². The summed E-state index contributed by atoms with van der Waals surface area (Å²) in [6.45, 7) is 0.0238. The standard InChI is InChI=1S/C54H33B2N3OS/c1-4-16-34(17-5-1)57-42-24-12-11-23-38(42)55-41-32-40-46(33-50(41)61-49-29-15-27-45(57)53(49)55)58(35-18-6-2-7-19-35)43-25-14-26-44-52(43)56(40)39-30-31-48-51(37-22-10-13-28-47(37)60-48)54(39)59(44)36-20-8-3-9-21-36/h1-33H. The molecule has 4 nitrogen and oxygen atoms in total. The van der Waals surface area contributed by atoms with Gasteiger partial charge in [0.05, 0.1) is 11.1 Å². The second kappa shape index (κ2) is 12.6. The van der Waals surface area contributed by atoms with E-state index in [0.29, 0.717) is 0 Å². The zero-order valence-electron chi connectivity index (χ0n) is 32.9. The molecule has 0 radical (unpaired) electrons. The van der Waals surface area contributed by atoms with Crippen LogP contribution in [0, 0.1) is 0 Å². The van der Waals surface area contributed by atoms with Gasteiger partial charge in [0.15, 0.2) is 0 Å². The number of furan rings is 1. The third kappa shape index (κ3) is 4.59. The van der Waals surface area contributed by atoms with Crippen LogP contribution >= 0.6 is 11.8 Å². The molecule has 0 fully saturated rings. The molecule has 4 aliphatic rings. The van der Waals surface area contributed by atoms with Gasteiger partial charge in [-0.3, -0.25) is 0 Å². The molecule has 61 heavy (non-hydrogen) atoms. The van der Waals surface area contributed by atoms with Crippen molar-refractivity contribution in [3.8, 4) is 0 Å². The number of anilines is 9. The maximum absolute atomic E-state index is 6.63. The molecule has 10 aromatic rings. The number of rotatable bonds is 3. The van der Waals surface area contributed by atoms with Crippen molar-refractivity contribution in [2.75, 3.05) is 14.7 Å². The summed E-state index contributed by atoms with van der Waals surface area (Å²) < 4.78 is 6.63. The molecular weight excluding hydrogens is 760 g/mol. The minimum atomic E-state index is -0.0409. The van der Waals surface area contributed by atoms with Gasteiger partial charge in [0.25, 0.3) is 6.71 Å². The SMILES string of the molecule is c1ccc(N2c3ccccc3B3c4cc5c(cc4Sc4cccc2c43)N(c2ccccc2)c2cccc3c2B5c2ccc4oc5ccccc5c4c2N3c2ccccc2)cc1. The molecule has 14 rings (SSSR count). The molecule has 1 aromatic heterocycles. The number of hydrogen-bond acceptors (Lipinski definition) is 5. The van der Waals surface area contributed by atoms with Gasteiger partial charge in [-0.25, -0.2) is 0 Å². The van der Waals surface area contributed by atoms with Crippen molar-refractivity contribution in [3.05, 3.63) is 200 Å². The van der Waals surface area contributed by atoms with E-state index in [0.717, 1.165) is 33.3 Å². The van der Waals surface area contributed by atoms with Gasteiger partial charge in [0.2, 0.25) is 6.71 Å². The lowest BCUT2D eigenvalue weighted by molar-refractivity contribution is 0.669. The summed E-state index contributed by atoms with van der Waals surface area (Å²) in [6, 6.07) is 73.6. The minimum Gasteiger partial charge on any atom is -0.456 e. The number of hydrogen-bond donors (Lipinski definition) is 0. The van der Waals surface area contributed by atoms with E-state index in [4.69, 9.17) is 4.42 Å². The van der Waals surface area contributed by atoms with E-state index in [9.17, 15) is 0 Å². The van der Waals surface area contributed by atoms with Crippen LogP contribution in [0.3, 0.4) is 0 Å². The quantitative estimate of drug-likeness (QED) is 0.166. The Labute approximate surface area is 358 Å². The summed E-state index contributed by atoms with van der Waals surface area (Å²) in [5.41, 5.74) is 20.5. The Bertz CT molecular complexity index is 3450. The number of para-hydroxylation sites is 5. The molecule has 7 heteroatoms. The lowest BCUT2D eigenvalue weighted by Crippen LogP contribution is -2.64. The summed E-state index contributed by atoms with van der Waals surface area (Å²) >= 11 is 1.91. The van der Waals surface area contributed by atoms with Crippen molar-refractivity contribution in [1.82, 2.24) is 0 Å². The first kappa shape index (κ1) is 33.5. The first-order chi connectivity index (χ1) is 30.3. The normalized spacial score (nSPS) is 14.0. The van der Waals surface area contributed by atoms with Gasteiger partial charge in [-0.2, -0.15) is 0 Å². The van der Waals surface area contributed by atoms with Crippen LogP contribution in [0.15, 0.2) is 214 Å². The molecule has 0 saturated carbocycles. The van der Waals surface area contributed by atoms with E-state index < -0.39 is 0 Å². The highest BCUT2D eigenvalue weighted by molar-refractivity contribution is 8.00. The third-order valence-electron chi connectivity index (χ3n) is 13.3. The van der Waals surface area contributed by atoms with Crippen LogP contribution in [0.2, 0.25) is 0 Å². The lowest BCUT2D eigenvalue weighted by Gasteiger charge is -2.45. The Morgan fingerprint density at radius 1 is 0.361 bits per heavy atom. The molecule has 0 unspecified atom stereocenters. The topological polar surface area (TPSA) is 22.9 Å². The highest BCUT2D eigenvalue weighted by atomic mass is 32.2. The van der Waals surface area contributed by atoms with Crippen LogP contribution in [0.25, 0.3) is 21.9 Å². The molecule has 0 bridgehead atoms. The molecule has 0 N–H and O–H groups in total. The van der Waals surface area contributed by atoms with Gasteiger partial charge in [-0.15, -0.1) is 0 Å². The van der Waals surface area contributed by atoms with E-state index in [1.54, 1.807) is 0 Å². The van der Waals surface area contributed by atoms with Gasteiger partial charge in [0, 0.05) is 60.7 Å². The fraction of sp³-hybridized carbons (Fsp3) is 0. The first-order valence-corrected chi connectivity index (χ1v) is 21.8. The van der Waals surface area contributed by atoms with Crippen LogP contribution in [-0.2, 0) is 0 Å². The van der Waals surface area contributed by atoms with Crippen LogP contribution in [0.1, 0.15) is 0 Å². The molecule has 4 aliphatic heterocycles. The van der Waals surface area contributed by atoms with Gasteiger partial charge in [-0.1, -0.05) is 132 Å². The predicted octanol–water partition coefficient (Wildman–Crippen LogP) is 10.4. The summed E-state index contributed by atoms with van der Waals surface area (Å²) in [7, 11) is 0. The highest BCUT2D eigenvalue weighted by Gasteiger charge is 2.47. The molecule has 0 aliphatic carbocycles. The number of fused-ring (bicyclic) bond motifs is 12. The lowest BCUT2D eigenvalue weighted by atomic mass is 9.31. The Morgan fingerprint density at radius 2 is 0.934 bits per heavy atom. The van der Waals surface area contributed by atoms with E-state index >= 15 is 0 Å². The Balaban J connectivity index is 1.08. The van der Waals surface area contributed by atoms with Gasteiger partial charge >= 0.3 is 0 Å². The molecule has 0 amide bonds. The van der Waals surface area contributed by atoms with E-state index in [2.05, 4.69) is 215 Å². The van der Waals surface area contributed by atoms with Crippen LogP contribution in [0.5, 0.6) is 0 Å². The fourth-order valence-electron chi connectivity index (χ4n) is 10.9. The summed E-state index contributed by atoms with van der Waals surface area (Å²) in [5.74, 6) is 0. The molecule has 5 heterocycles. The number of benzene rings is 9. The Hall–Kier alpha value is -7.34. The third-order valence-corrected chi connectivity index (χ3v) is 14.4. The molecular formula is C54H33B2N3OS.